The van der Waals surface area contributed by atoms with E-state index in [4.69, 9.17) is 16.3 Å². The van der Waals surface area contributed by atoms with Crippen molar-refractivity contribution < 1.29 is 4.74 Å². The Labute approximate surface area is 116 Å². The van der Waals surface area contributed by atoms with Crippen LogP contribution in [0.15, 0.2) is 24.4 Å². The fraction of sp³-hybridized carbons (Fsp3) is 0.308. The molecule has 0 aliphatic rings. The molecule has 18 heavy (non-hydrogen) atoms. The van der Waals surface area contributed by atoms with Crippen molar-refractivity contribution in [2.24, 2.45) is 0 Å². The van der Waals surface area contributed by atoms with E-state index in [1.165, 1.54) is 9.88 Å². The van der Waals surface area contributed by atoms with Crippen LogP contribution in [0, 0.1) is 0 Å². The third-order valence-electron chi connectivity index (χ3n) is 2.52. The minimum Gasteiger partial charge on any atom is -0.495 e. The number of anilines is 1. The zero-order chi connectivity index (χ0) is 13.0. The van der Waals surface area contributed by atoms with Crippen molar-refractivity contribution in [3.63, 3.8) is 0 Å². The van der Waals surface area contributed by atoms with Crippen molar-refractivity contribution in [2.75, 3.05) is 12.4 Å². The highest BCUT2D eigenvalue weighted by atomic mass is 35.5. The number of thiazole rings is 1. The van der Waals surface area contributed by atoms with Crippen LogP contribution in [0.3, 0.4) is 0 Å². The van der Waals surface area contributed by atoms with Crippen molar-refractivity contribution in [3.05, 3.63) is 39.3 Å². The summed E-state index contributed by atoms with van der Waals surface area (Å²) in [5.74, 6) is 0.688. The number of aromatic nitrogens is 1. The smallest absolute Gasteiger partial charge is 0.137 e. The van der Waals surface area contributed by atoms with Gasteiger partial charge in [0.2, 0.25) is 0 Å². The van der Waals surface area contributed by atoms with Gasteiger partial charge in [0.05, 0.1) is 23.7 Å². The Balaban J connectivity index is 1.99. The fourth-order valence-electron chi connectivity index (χ4n) is 1.56. The van der Waals surface area contributed by atoms with Crippen molar-refractivity contribution in [3.8, 4) is 5.75 Å². The van der Waals surface area contributed by atoms with Crippen molar-refractivity contribution >= 4 is 28.6 Å². The summed E-state index contributed by atoms with van der Waals surface area (Å²) < 4.78 is 5.11. The second kappa shape index (κ2) is 6.07. The zero-order valence-electron chi connectivity index (χ0n) is 10.4. The molecule has 0 aliphatic heterocycles. The summed E-state index contributed by atoms with van der Waals surface area (Å²) in [5.41, 5.74) is 0.979. The normalized spacial score (nSPS) is 10.4. The number of rotatable bonds is 5. The second-order valence-corrected chi connectivity index (χ2v) is 5.38. The number of halogens is 1. The molecule has 0 saturated carbocycles. The first-order valence-corrected chi connectivity index (χ1v) is 6.93. The van der Waals surface area contributed by atoms with Crippen molar-refractivity contribution in [1.82, 2.24) is 4.98 Å². The number of ether oxygens (including phenoxy) is 1. The first-order valence-electron chi connectivity index (χ1n) is 5.74. The van der Waals surface area contributed by atoms with Crippen LogP contribution in [0.5, 0.6) is 5.75 Å². The topological polar surface area (TPSA) is 34.2 Å². The minimum atomic E-state index is 0.612. The van der Waals surface area contributed by atoms with E-state index in [1.54, 1.807) is 18.4 Å². The van der Waals surface area contributed by atoms with Gasteiger partial charge in [-0.1, -0.05) is 18.5 Å². The molecule has 3 nitrogen and oxygen atoms in total. The Bertz CT molecular complexity index is 527. The maximum absolute atomic E-state index is 6.06. The minimum absolute atomic E-state index is 0.612. The van der Waals surface area contributed by atoms with Crippen LogP contribution in [0.25, 0.3) is 0 Å². The van der Waals surface area contributed by atoms with Crippen LogP contribution in [0.4, 0.5) is 5.69 Å². The third kappa shape index (κ3) is 3.15. The second-order valence-electron chi connectivity index (χ2n) is 3.78. The van der Waals surface area contributed by atoms with Gasteiger partial charge in [0.15, 0.2) is 0 Å². The number of methoxy groups -OCH3 is 1. The molecule has 5 heteroatoms. The number of hydrogen-bond acceptors (Lipinski definition) is 4. The lowest BCUT2D eigenvalue weighted by Crippen LogP contribution is -1.97. The summed E-state index contributed by atoms with van der Waals surface area (Å²) in [6.45, 7) is 2.87. The van der Waals surface area contributed by atoms with E-state index in [0.29, 0.717) is 10.8 Å². The van der Waals surface area contributed by atoms with Crippen molar-refractivity contribution in [2.45, 2.75) is 19.9 Å². The molecule has 1 heterocycles. The summed E-state index contributed by atoms with van der Waals surface area (Å²) in [7, 11) is 1.61. The van der Waals surface area contributed by atoms with E-state index in [9.17, 15) is 0 Å². The Morgan fingerprint density at radius 1 is 1.44 bits per heavy atom. The van der Waals surface area contributed by atoms with Gasteiger partial charge in [0.1, 0.15) is 5.75 Å². The molecule has 0 spiro atoms. The third-order valence-corrected chi connectivity index (χ3v) is 3.96. The SMILES string of the molecule is CCc1ncc(CNc2ccc(OC)c(Cl)c2)s1. The Hall–Kier alpha value is -1.26. The lowest BCUT2D eigenvalue weighted by Gasteiger charge is -2.07. The van der Waals surface area contributed by atoms with Crippen LogP contribution >= 0.6 is 22.9 Å². The summed E-state index contributed by atoms with van der Waals surface area (Å²) >= 11 is 7.80. The standard InChI is InChI=1S/C13H15ClN2OS/c1-3-13-16-8-10(18-13)7-15-9-4-5-12(17-2)11(14)6-9/h4-6,8,15H,3,7H2,1-2H3. The van der Waals surface area contributed by atoms with Crippen LogP contribution < -0.4 is 10.1 Å². The molecule has 2 rings (SSSR count). The molecule has 0 fully saturated rings. The largest absolute Gasteiger partial charge is 0.495 e. The zero-order valence-corrected chi connectivity index (χ0v) is 11.9. The van der Waals surface area contributed by atoms with Gasteiger partial charge in [-0.05, 0) is 24.6 Å². The molecule has 1 aromatic heterocycles. The van der Waals surface area contributed by atoms with E-state index < -0.39 is 0 Å². The van der Waals surface area contributed by atoms with Crippen LogP contribution in [0.1, 0.15) is 16.8 Å². The molecule has 0 atom stereocenters. The molecule has 0 saturated heterocycles. The highest BCUT2D eigenvalue weighted by Gasteiger charge is 2.03. The number of nitrogens with one attached hydrogen (secondary N) is 1. The van der Waals surface area contributed by atoms with Gasteiger partial charge in [0.25, 0.3) is 0 Å². The van der Waals surface area contributed by atoms with Gasteiger partial charge < -0.3 is 10.1 Å². The molecular formula is C13H15ClN2OS. The van der Waals surface area contributed by atoms with E-state index >= 15 is 0 Å². The van der Waals surface area contributed by atoms with Gasteiger partial charge in [-0.15, -0.1) is 11.3 Å². The molecule has 0 amide bonds. The Kier molecular flexibility index (Phi) is 4.44. The lowest BCUT2D eigenvalue weighted by molar-refractivity contribution is 0.415. The number of nitrogens with zero attached hydrogens (tertiary/aromatic N) is 1. The molecule has 96 valence electrons. The maximum Gasteiger partial charge on any atom is 0.137 e. The number of hydrogen-bond donors (Lipinski definition) is 1. The first kappa shape index (κ1) is 13.2. The highest BCUT2D eigenvalue weighted by Crippen LogP contribution is 2.27. The molecule has 1 N–H and O–H groups in total. The first-order chi connectivity index (χ1) is 8.72. The predicted octanol–water partition coefficient (Wildman–Crippen LogP) is 3.98. The molecular weight excluding hydrogens is 268 g/mol. The summed E-state index contributed by atoms with van der Waals surface area (Å²) in [4.78, 5) is 5.55. The van der Waals surface area contributed by atoms with Gasteiger partial charge in [-0.25, -0.2) is 4.98 Å². The fourth-order valence-corrected chi connectivity index (χ4v) is 2.62. The van der Waals surface area contributed by atoms with Crippen LogP contribution in [0.2, 0.25) is 5.02 Å². The van der Waals surface area contributed by atoms with Crippen LogP contribution in [-0.4, -0.2) is 12.1 Å². The molecule has 0 unspecified atom stereocenters. The van der Waals surface area contributed by atoms with Gasteiger partial charge in [-0.3, -0.25) is 0 Å². The van der Waals surface area contributed by atoms with E-state index in [0.717, 1.165) is 18.7 Å². The van der Waals surface area contributed by atoms with E-state index in [-0.39, 0.29) is 0 Å². The lowest BCUT2D eigenvalue weighted by atomic mass is 10.3. The monoisotopic (exact) mass is 282 g/mol. The predicted molar refractivity (Wildman–Crippen MR) is 76.8 cm³/mol. The Morgan fingerprint density at radius 2 is 2.28 bits per heavy atom. The number of aryl methyl sites for hydroxylation is 1. The van der Waals surface area contributed by atoms with Gasteiger partial charge in [0, 0.05) is 16.8 Å². The highest BCUT2D eigenvalue weighted by molar-refractivity contribution is 7.11. The van der Waals surface area contributed by atoms with Gasteiger partial charge in [-0.2, -0.15) is 0 Å². The Morgan fingerprint density at radius 3 is 2.89 bits per heavy atom. The van der Waals surface area contributed by atoms with E-state index in [1.807, 2.05) is 24.4 Å². The van der Waals surface area contributed by atoms with Crippen molar-refractivity contribution in [1.29, 1.82) is 0 Å². The maximum atomic E-state index is 6.06. The molecule has 1 aromatic carbocycles. The summed E-state index contributed by atoms with van der Waals surface area (Å²) in [6, 6.07) is 5.67. The molecule has 0 bridgehead atoms. The van der Waals surface area contributed by atoms with E-state index in [2.05, 4.69) is 17.2 Å². The number of benzene rings is 1. The molecule has 2 aromatic rings. The summed E-state index contributed by atoms with van der Waals surface area (Å²) in [5, 5.41) is 5.10. The molecule has 0 radical (unpaired) electrons. The average molecular weight is 283 g/mol. The molecule has 0 aliphatic carbocycles. The average Bonchev–Trinajstić information content (AvgIpc) is 2.84. The quantitative estimate of drug-likeness (QED) is 0.901. The van der Waals surface area contributed by atoms with Crippen LogP contribution in [-0.2, 0) is 13.0 Å². The summed E-state index contributed by atoms with van der Waals surface area (Å²) in [6.07, 6.45) is 2.90. The van der Waals surface area contributed by atoms with Gasteiger partial charge >= 0.3 is 0 Å².